The van der Waals surface area contributed by atoms with E-state index in [2.05, 4.69) is 42.5 Å². The van der Waals surface area contributed by atoms with E-state index in [0.717, 1.165) is 47.3 Å². The van der Waals surface area contributed by atoms with Gasteiger partial charge in [0.05, 0.1) is 0 Å². The van der Waals surface area contributed by atoms with Crippen LogP contribution in [0, 0.1) is 0 Å². The number of tetrazole rings is 1. The standard InChI is InChI=1S/C23H22N8O2/c1-2-3-8-18-24-21-19(22(32)26-23(33)25-21)31(18)13-14-9-11-15(12-10-14)16-6-4-5-7-17(16)20-27-29-30-28-20/h4-7,9-12H,2-3,8,13H2,1H3,(H2,25,26,32,33)(H,27,28,29,30). The average molecular weight is 442 g/mol. The lowest BCUT2D eigenvalue weighted by Gasteiger charge is -2.11. The van der Waals surface area contributed by atoms with Gasteiger partial charge in [-0.3, -0.25) is 14.8 Å². The van der Waals surface area contributed by atoms with Gasteiger partial charge in [0, 0.05) is 18.5 Å². The number of unbranched alkanes of at least 4 members (excludes halogenated alkanes) is 1. The number of aromatic nitrogens is 8. The van der Waals surface area contributed by atoms with Crippen LogP contribution in [0.5, 0.6) is 0 Å². The van der Waals surface area contributed by atoms with Crippen molar-refractivity contribution in [3.8, 4) is 22.5 Å². The van der Waals surface area contributed by atoms with Gasteiger partial charge in [0.2, 0.25) is 5.82 Å². The molecule has 3 N–H and O–H groups in total. The first-order chi connectivity index (χ1) is 16.1. The quantitative estimate of drug-likeness (QED) is 0.354. The zero-order valence-electron chi connectivity index (χ0n) is 18.0. The predicted octanol–water partition coefficient (Wildman–Crippen LogP) is 2.65. The topological polar surface area (TPSA) is 138 Å². The zero-order valence-corrected chi connectivity index (χ0v) is 18.0. The fourth-order valence-corrected chi connectivity index (χ4v) is 3.99. The van der Waals surface area contributed by atoms with Gasteiger partial charge in [-0.1, -0.05) is 61.9 Å². The fraction of sp³-hybridized carbons (Fsp3) is 0.217. The SMILES string of the molecule is CCCCc1nc2[nH]c(=O)[nH]c(=O)c2n1Cc1ccc(-c2ccccc2-c2nn[nH]n2)cc1. The van der Waals surface area contributed by atoms with Crippen LogP contribution in [0.2, 0.25) is 0 Å². The Labute approximate surface area is 187 Å². The molecule has 0 fully saturated rings. The van der Waals surface area contributed by atoms with Crippen molar-refractivity contribution in [2.75, 3.05) is 0 Å². The molecule has 0 aliphatic carbocycles. The van der Waals surface area contributed by atoms with Gasteiger partial charge in [0.15, 0.2) is 11.2 Å². The smallest absolute Gasteiger partial charge is 0.318 e. The minimum atomic E-state index is -0.552. The molecule has 0 unspecified atom stereocenters. The van der Waals surface area contributed by atoms with Crippen molar-refractivity contribution >= 4 is 11.2 Å². The number of aromatic amines is 3. The minimum Gasteiger partial charge on any atom is -0.318 e. The molecule has 33 heavy (non-hydrogen) atoms. The van der Waals surface area contributed by atoms with Crippen LogP contribution >= 0.6 is 0 Å². The highest BCUT2D eigenvalue weighted by Crippen LogP contribution is 2.30. The Kier molecular flexibility index (Phi) is 5.39. The van der Waals surface area contributed by atoms with E-state index >= 15 is 0 Å². The lowest BCUT2D eigenvalue weighted by molar-refractivity contribution is 0.688. The molecule has 0 atom stereocenters. The van der Waals surface area contributed by atoms with Crippen LogP contribution in [0.4, 0.5) is 0 Å². The predicted molar refractivity (Wildman–Crippen MR) is 124 cm³/mol. The van der Waals surface area contributed by atoms with E-state index in [-0.39, 0.29) is 0 Å². The summed E-state index contributed by atoms with van der Waals surface area (Å²) in [5.74, 6) is 1.32. The Balaban J connectivity index is 1.51. The Morgan fingerprint density at radius 3 is 2.48 bits per heavy atom. The van der Waals surface area contributed by atoms with Crippen molar-refractivity contribution in [1.29, 1.82) is 0 Å². The summed E-state index contributed by atoms with van der Waals surface area (Å²) in [5.41, 5.74) is 3.63. The van der Waals surface area contributed by atoms with Gasteiger partial charge >= 0.3 is 5.69 Å². The number of imidazole rings is 1. The Bertz CT molecular complexity index is 1510. The van der Waals surface area contributed by atoms with Gasteiger partial charge in [-0.15, -0.1) is 10.2 Å². The van der Waals surface area contributed by atoms with Gasteiger partial charge in [0.1, 0.15) is 5.82 Å². The summed E-state index contributed by atoms with van der Waals surface area (Å²) >= 11 is 0. The van der Waals surface area contributed by atoms with E-state index in [1.165, 1.54) is 0 Å². The van der Waals surface area contributed by atoms with E-state index < -0.39 is 11.2 Å². The normalized spacial score (nSPS) is 11.3. The fourth-order valence-electron chi connectivity index (χ4n) is 3.99. The molecule has 166 valence electrons. The number of benzene rings is 2. The van der Waals surface area contributed by atoms with E-state index in [4.69, 9.17) is 0 Å². The first-order valence-corrected chi connectivity index (χ1v) is 10.8. The summed E-state index contributed by atoms with van der Waals surface area (Å²) < 4.78 is 1.89. The largest absolute Gasteiger partial charge is 0.327 e. The van der Waals surface area contributed by atoms with E-state index in [0.29, 0.717) is 23.5 Å². The van der Waals surface area contributed by atoms with Gasteiger partial charge in [-0.2, -0.15) is 5.21 Å². The summed E-state index contributed by atoms with van der Waals surface area (Å²) in [4.78, 5) is 33.7. The van der Waals surface area contributed by atoms with E-state index in [1.807, 2.05) is 53.1 Å². The molecule has 0 amide bonds. The van der Waals surface area contributed by atoms with Crippen molar-refractivity contribution < 1.29 is 0 Å². The molecule has 0 spiro atoms. The number of H-pyrrole nitrogens is 3. The first-order valence-electron chi connectivity index (χ1n) is 10.8. The lowest BCUT2D eigenvalue weighted by Crippen LogP contribution is -2.23. The zero-order chi connectivity index (χ0) is 22.8. The van der Waals surface area contributed by atoms with Crippen LogP contribution in [0.15, 0.2) is 58.1 Å². The van der Waals surface area contributed by atoms with E-state index in [1.54, 1.807) is 0 Å². The van der Waals surface area contributed by atoms with Gasteiger partial charge in [0.25, 0.3) is 5.56 Å². The minimum absolute atomic E-state index is 0.320. The third-order valence-corrected chi connectivity index (χ3v) is 5.59. The molecule has 3 aromatic heterocycles. The van der Waals surface area contributed by atoms with Crippen LogP contribution in [0.1, 0.15) is 31.2 Å². The van der Waals surface area contributed by atoms with Crippen molar-refractivity contribution in [2.24, 2.45) is 0 Å². The first kappa shape index (κ1) is 20.6. The Morgan fingerprint density at radius 2 is 1.76 bits per heavy atom. The van der Waals surface area contributed by atoms with Crippen LogP contribution < -0.4 is 11.2 Å². The number of nitrogens with zero attached hydrogens (tertiary/aromatic N) is 5. The number of nitrogens with one attached hydrogen (secondary N) is 3. The maximum Gasteiger partial charge on any atom is 0.327 e. The summed E-state index contributed by atoms with van der Waals surface area (Å²) in [6.45, 7) is 2.57. The third kappa shape index (κ3) is 3.98. The number of rotatable bonds is 7. The van der Waals surface area contributed by atoms with Crippen molar-refractivity contribution in [3.63, 3.8) is 0 Å². The second kappa shape index (κ2) is 8.65. The summed E-state index contributed by atoms with van der Waals surface area (Å²) in [7, 11) is 0. The molecule has 0 saturated heterocycles. The van der Waals surface area contributed by atoms with Gasteiger partial charge in [-0.05, 0) is 28.3 Å². The summed E-state index contributed by atoms with van der Waals surface area (Å²) in [6, 6.07) is 16.0. The molecule has 5 rings (SSSR count). The number of aryl methyl sites for hydroxylation is 1. The van der Waals surface area contributed by atoms with Crippen molar-refractivity contribution in [1.82, 2.24) is 40.1 Å². The van der Waals surface area contributed by atoms with Gasteiger partial charge in [-0.25, -0.2) is 9.78 Å². The Hall–Kier alpha value is -4.34. The Morgan fingerprint density at radius 1 is 0.970 bits per heavy atom. The van der Waals surface area contributed by atoms with Crippen molar-refractivity contribution in [2.45, 2.75) is 32.7 Å². The molecule has 10 nitrogen and oxygen atoms in total. The third-order valence-electron chi connectivity index (χ3n) is 5.59. The maximum atomic E-state index is 12.5. The highest BCUT2D eigenvalue weighted by Gasteiger charge is 2.16. The van der Waals surface area contributed by atoms with Crippen LogP contribution in [0.3, 0.4) is 0 Å². The second-order valence-corrected chi connectivity index (χ2v) is 7.80. The summed E-state index contributed by atoms with van der Waals surface area (Å²) in [5, 5.41) is 14.4. The molecule has 0 aliphatic rings. The molecule has 2 aromatic carbocycles. The van der Waals surface area contributed by atoms with Crippen LogP contribution in [-0.4, -0.2) is 40.1 Å². The maximum absolute atomic E-state index is 12.5. The molecule has 0 bridgehead atoms. The second-order valence-electron chi connectivity index (χ2n) is 7.80. The van der Waals surface area contributed by atoms with Gasteiger partial charge < -0.3 is 4.57 Å². The lowest BCUT2D eigenvalue weighted by atomic mass is 9.98. The highest BCUT2D eigenvalue weighted by atomic mass is 16.2. The molecule has 5 aromatic rings. The van der Waals surface area contributed by atoms with Crippen LogP contribution in [-0.2, 0) is 13.0 Å². The number of hydrogen-bond donors (Lipinski definition) is 3. The molecule has 0 saturated carbocycles. The molecular weight excluding hydrogens is 420 g/mol. The van der Waals surface area contributed by atoms with Crippen LogP contribution in [0.25, 0.3) is 33.7 Å². The number of fused-ring (bicyclic) bond motifs is 1. The van der Waals surface area contributed by atoms with Crippen molar-refractivity contribution in [3.05, 3.63) is 80.8 Å². The average Bonchev–Trinajstić information content (AvgIpc) is 3.47. The molecular formula is C23H22N8O2. The monoisotopic (exact) mass is 442 g/mol. The molecule has 0 radical (unpaired) electrons. The molecule has 10 heteroatoms. The highest BCUT2D eigenvalue weighted by molar-refractivity contribution is 5.80. The summed E-state index contributed by atoms with van der Waals surface area (Å²) in [6.07, 6.45) is 2.67. The molecule has 3 heterocycles. The van der Waals surface area contributed by atoms with E-state index in [9.17, 15) is 9.59 Å². The number of hydrogen-bond acceptors (Lipinski definition) is 6. The molecule has 0 aliphatic heterocycles.